The maximum atomic E-state index is 15.0. The maximum absolute atomic E-state index is 15.0. The fourth-order valence-corrected chi connectivity index (χ4v) is 6.03. The third-order valence-corrected chi connectivity index (χ3v) is 8.96. The number of carbonyl (C=O) groups excluding carboxylic acids is 3. The van der Waals surface area contributed by atoms with E-state index in [9.17, 15) is 24.0 Å². The van der Waals surface area contributed by atoms with E-state index in [1.165, 1.54) is 10.5 Å². The van der Waals surface area contributed by atoms with Gasteiger partial charge in [-0.15, -0.1) is 11.8 Å². The highest BCUT2D eigenvalue weighted by Crippen LogP contribution is 2.45. The number of halogens is 1. The summed E-state index contributed by atoms with van der Waals surface area (Å²) in [4.78, 5) is 45.2. The Balaban J connectivity index is 1.44. The smallest absolute Gasteiger partial charge is 0.246 e. The molecule has 0 bridgehead atoms. The van der Waals surface area contributed by atoms with Crippen LogP contribution in [0.2, 0.25) is 0 Å². The molecule has 0 spiro atoms. The van der Waals surface area contributed by atoms with Gasteiger partial charge in [-0.3, -0.25) is 19.4 Å². The van der Waals surface area contributed by atoms with E-state index in [0.717, 1.165) is 11.1 Å². The van der Waals surface area contributed by atoms with Crippen LogP contribution >= 0.6 is 11.8 Å². The number of hydrogen-bond donors (Lipinski definition) is 2. The van der Waals surface area contributed by atoms with Crippen LogP contribution in [0.25, 0.3) is 0 Å². The molecule has 2 N–H and O–H groups in total. The Morgan fingerprint density at radius 3 is 2.58 bits per heavy atom. The van der Waals surface area contributed by atoms with Crippen LogP contribution in [0.5, 0.6) is 0 Å². The summed E-state index contributed by atoms with van der Waals surface area (Å²) in [6.07, 6.45) is -0.555. The number of nitrogens with one attached hydrogen (secondary N) is 2. The van der Waals surface area contributed by atoms with Gasteiger partial charge in [0.2, 0.25) is 17.7 Å². The molecule has 204 valence electrons. The van der Waals surface area contributed by atoms with Gasteiger partial charge in [0.15, 0.2) is 0 Å². The van der Waals surface area contributed by atoms with Gasteiger partial charge in [0.25, 0.3) is 0 Å². The lowest BCUT2D eigenvalue weighted by atomic mass is 9.85. The molecule has 8 nitrogen and oxygen atoms in total. The number of amides is 3. The second-order valence-electron chi connectivity index (χ2n) is 11.7. The van der Waals surface area contributed by atoms with Crippen molar-refractivity contribution in [3.63, 3.8) is 0 Å². The van der Waals surface area contributed by atoms with E-state index in [0.29, 0.717) is 12.8 Å². The number of benzene rings is 1. The average molecular weight is 542 g/mol. The number of hydrogen-bond acceptors (Lipinski definition) is 6. The third-order valence-electron chi connectivity index (χ3n) is 7.75. The molecule has 10 heteroatoms. The summed E-state index contributed by atoms with van der Waals surface area (Å²) in [7, 11) is 0. The summed E-state index contributed by atoms with van der Waals surface area (Å²) in [5.74, 6) is -1.55. The SMILES string of the molecule is Cc1cc(C2SC=NC2C)ccc1CNC(=O)[C@@H]1[C@@H](F)CCN1C(=O)[C@@H](NC(=O)C1(C#N)CC1)C(C)(C)C. The Bertz CT molecular complexity index is 1190. The van der Waals surface area contributed by atoms with Crippen LogP contribution in [-0.4, -0.2) is 59.0 Å². The van der Waals surface area contributed by atoms with Crippen LogP contribution in [0.1, 0.15) is 68.9 Å². The summed E-state index contributed by atoms with van der Waals surface area (Å²) in [5.41, 5.74) is 3.18. The summed E-state index contributed by atoms with van der Waals surface area (Å²) in [6, 6.07) is 6.07. The highest BCUT2D eigenvalue weighted by Gasteiger charge is 2.53. The van der Waals surface area contributed by atoms with E-state index < -0.39 is 46.8 Å². The lowest BCUT2D eigenvalue weighted by molar-refractivity contribution is -0.145. The summed E-state index contributed by atoms with van der Waals surface area (Å²) in [5, 5.41) is 15.2. The summed E-state index contributed by atoms with van der Waals surface area (Å²) >= 11 is 1.69. The first-order chi connectivity index (χ1) is 17.9. The normalized spacial score (nSPS) is 26.5. The Morgan fingerprint density at radius 2 is 2.03 bits per heavy atom. The van der Waals surface area contributed by atoms with Gasteiger partial charge >= 0.3 is 0 Å². The number of likely N-dealkylation sites (tertiary alicyclic amines) is 1. The van der Waals surface area contributed by atoms with Gasteiger partial charge in [0.05, 0.1) is 22.9 Å². The molecule has 3 amide bonds. The minimum absolute atomic E-state index is 0.0454. The van der Waals surface area contributed by atoms with Gasteiger partial charge < -0.3 is 15.5 Å². The van der Waals surface area contributed by atoms with Gasteiger partial charge in [-0.2, -0.15) is 5.26 Å². The van der Waals surface area contributed by atoms with Crippen molar-refractivity contribution in [3.8, 4) is 6.07 Å². The summed E-state index contributed by atoms with van der Waals surface area (Å²) < 4.78 is 15.0. The molecule has 38 heavy (non-hydrogen) atoms. The Kier molecular flexibility index (Phi) is 7.89. The number of carbonyl (C=O) groups is 3. The molecule has 3 aliphatic rings. The first-order valence-electron chi connectivity index (χ1n) is 13.1. The predicted molar refractivity (Wildman–Crippen MR) is 145 cm³/mol. The second-order valence-corrected chi connectivity index (χ2v) is 12.7. The number of nitriles is 1. The molecule has 0 radical (unpaired) electrons. The number of nitrogens with zero attached hydrogens (tertiary/aromatic N) is 3. The minimum Gasteiger partial charge on any atom is -0.350 e. The molecule has 0 aromatic heterocycles. The molecule has 5 atom stereocenters. The minimum atomic E-state index is -1.51. The molecular weight excluding hydrogens is 505 g/mol. The molecule has 1 saturated carbocycles. The molecule has 1 aliphatic carbocycles. The van der Waals surface area contributed by atoms with E-state index in [1.54, 1.807) is 32.5 Å². The van der Waals surface area contributed by atoms with Crippen molar-refractivity contribution in [2.45, 2.75) is 90.0 Å². The second kappa shape index (κ2) is 10.7. The van der Waals surface area contributed by atoms with Crippen LogP contribution < -0.4 is 10.6 Å². The fourth-order valence-electron chi connectivity index (χ4n) is 5.03. The zero-order valence-corrected chi connectivity index (χ0v) is 23.4. The zero-order valence-electron chi connectivity index (χ0n) is 22.6. The number of aliphatic imine (C=N–C) groups is 1. The Hall–Kier alpha value is -2.93. The third kappa shape index (κ3) is 5.58. The monoisotopic (exact) mass is 541 g/mol. The van der Waals surface area contributed by atoms with Crippen LogP contribution in [0.4, 0.5) is 4.39 Å². The standard InChI is InChI=1S/C28H36FN5O3S/c1-16-12-18(22-17(2)32-15-38-22)6-7-19(16)13-31-24(35)21-20(29)8-11-34(21)25(36)23(27(3,4)5)33-26(37)28(14-30)9-10-28/h6-7,12,15,17,20-23H,8-11,13H2,1-5H3,(H,31,35)(H,33,37)/t17?,20-,21-,22?,23+/m0/s1. The molecule has 1 aromatic rings. The van der Waals surface area contributed by atoms with Crippen molar-refractivity contribution in [2.24, 2.45) is 15.8 Å². The van der Waals surface area contributed by atoms with Crippen molar-refractivity contribution in [1.82, 2.24) is 15.5 Å². The van der Waals surface area contributed by atoms with Crippen molar-refractivity contribution in [2.75, 3.05) is 6.54 Å². The van der Waals surface area contributed by atoms with Crippen LogP contribution in [0.15, 0.2) is 23.2 Å². The molecule has 4 rings (SSSR count). The van der Waals surface area contributed by atoms with Crippen molar-refractivity contribution < 1.29 is 18.8 Å². The molecule has 1 saturated heterocycles. The Labute approximate surface area is 227 Å². The molecule has 1 aromatic carbocycles. The van der Waals surface area contributed by atoms with E-state index in [1.807, 2.05) is 30.7 Å². The summed E-state index contributed by atoms with van der Waals surface area (Å²) in [6.45, 7) is 9.73. The van der Waals surface area contributed by atoms with Crippen molar-refractivity contribution in [3.05, 3.63) is 34.9 Å². The van der Waals surface area contributed by atoms with E-state index in [2.05, 4.69) is 28.6 Å². The highest BCUT2D eigenvalue weighted by atomic mass is 32.2. The van der Waals surface area contributed by atoms with E-state index in [4.69, 9.17) is 0 Å². The van der Waals surface area contributed by atoms with Crippen LogP contribution in [-0.2, 0) is 20.9 Å². The van der Waals surface area contributed by atoms with Gasteiger partial charge in [0.1, 0.15) is 23.7 Å². The van der Waals surface area contributed by atoms with Crippen LogP contribution in [0.3, 0.4) is 0 Å². The average Bonchev–Trinajstić information content (AvgIpc) is 3.40. The largest absolute Gasteiger partial charge is 0.350 e. The molecule has 2 aliphatic heterocycles. The van der Waals surface area contributed by atoms with E-state index in [-0.39, 0.29) is 30.8 Å². The number of aryl methyl sites for hydroxylation is 1. The van der Waals surface area contributed by atoms with Gasteiger partial charge in [-0.05, 0) is 55.2 Å². The molecular formula is C28H36FN5O3S. The van der Waals surface area contributed by atoms with Gasteiger partial charge in [-0.25, -0.2) is 4.39 Å². The maximum Gasteiger partial charge on any atom is 0.246 e. The van der Waals surface area contributed by atoms with Crippen molar-refractivity contribution in [1.29, 1.82) is 5.26 Å². The zero-order chi connectivity index (χ0) is 27.8. The molecule has 2 heterocycles. The Morgan fingerprint density at radius 1 is 1.32 bits per heavy atom. The van der Waals surface area contributed by atoms with Gasteiger partial charge in [0, 0.05) is 13.1 Å². The fraction of sp³-hybridized carbons (Fsp3) is 0.607. The topological polar surface area (TPSA) is 115 Å². The number of thioether (sulfide) groups is 1. The van der Waals surface area contributed by atoms with Crippen molar-refractivity contribution >= 4 is 35.0 Å². The molecule has 2 unspecified atom stereocenters. The quantitative estimate of drug-likeness (QED) is 0.548. The first kappa shape index (κ1) is 28.1. The lowest BCUT2D eigenvalue weighted by Gasteiger charge is -2.36. The lowest BCUT2D eigenvalue weighted by Crippen LogP contribution is -2.59. The molecule has 2 fully saturated rings. The van der Waals surface area contributed by atoms with E-state index >= 15 is 0 Å². The number of rotatable bonds is 7. The van der Waals surface area contributed by atoms with Crippen LogP contribution in [0, 0.1) is 29.1 Å². The first-order valence-corrected chi connectivity index (χ1v) is 14.0. The highest BCUT2D eigenvalue weighted by molar-refractivity contribution is 8.12. The van der Waals surface area contributed by atoms with Gasteiger partial charge in [-0.1, -0.05) is 39.0 Å². The number of alkyl halides is 1. The predicted octanol–water partition coefficient (Wildman–Crippen LogP) is 3.59.